The van der Waals surface area contributed by atoms with Gasteiger partial charge in [0.05, 0.1) is 0 Å². The lowest BCUT2D eigenvalue weighted by molar-refractivity contribution is -0.141. The smallest absolute Gasteiger partial charge is 0.352 e. The van der Waals surface area contributed by atoms with Gasteiger partial charge in [-0.2, -0.15) is 13.2 Å². The normalized spacial score (nSPS) is 16.8. The van der Waals surface area contributed by atoms with Crippen LogP contribution in [0.2, 0.25) is 0 Å². The molecule has 0 bridgehead atoms. The summed E-state index contributed by atoms with van der Waals surface area (Å²) in [4.78, 5) is 5.66. The lowest BCUT2D eigenvalue weighted by Crippen LogP contribution is -2.35. The Morgan fingerprint density at radius 2 is 1.95 bits per heavy atom. The predicted molar refractivity (Wildman–Crippen MR) is 69.6 cm³/mol. The molecule has 0 saturated heterocycles. The Morgan fingerprint density at radius 1 is 1.26 bits per heavy atom. The zero-order valence-corrected chi connectivity index (χ0v) is 11.2. The Kier molecular flexibility index (Phi) is 4.55. The van der Waals surface area contributed by atoms with E-state index in [1.807, 2.05) is 4.90 Å². The summed E-state index contributed by atoms with van der Waals surface area (Å²) in [6, 6.07) is 4.29. The molecule has 0 aromatic carbocycles. The first kappa shape index (κ1) is 14.4. The number of halogens is 4. The summed E-state index contributed by atoms with van der Waals surface area (Å²) in [7, 11) is 0. The number of anilines is 1. The van der Waals surface area contributed by atoms with Gasteiger partial charge in [-0.15, -0.1) is 11.6 Å². The number of alkyl halides is 4. The molecule has 1 aliphatic rings. The van der Waals surface area contributed by atoms with Crippen LogP contribution in [-0.4, -0.2) is 23.5 Å². The van der Waals surface area contributed by atoms with Crippen molar-refractivity contribution >= 4 is 17.4 Å². The summed E-state index contributed by atoms with van der Waals surface area (Å²) >= 11 is 5.76. The Labute approximate surface area is 115 Å². The lowest BCUT2D eigenvalue weighted by atomic mass is 10.2. The van der Waals surface area contributed by atoms with Gasteiger partial charge in [0, 0.05) is 18.5 Å². The van der Waals surface area contributed by atoms with E-state index in [2.05, 4.69) is 4.98 Å². The zero-order chi connectivity index (χ0) is 13.9. The van der Waals surface area contributed by atoms with Gasteiger partial charge in [-0.3, -0.25) is 0 Å². The Hall–Kier alpha value is -0.970. The summed E-state index contributed by atoms with van der Waals surface area (Å²) in [6.45, 7) is 0.528. The third-order valence-corrected chi connectivity index (χ3v) is 3.58. The van der Waals surface area contributed by atoms with E-state index in [4.69, 9.17) is 11.6 Å². The van der Waals surface area contributed by atoms with Gasteiger partial charge in [0.1, 0.15) is 11.5 Å². The molecule has 1 saturated carbocycles. The van der Waals surface area contributed by atoms with Crippen LogP contribution in [0, 0.1) is 0 Å². The van der Waals surface area contributed by atoms with E-state index in [9.17, 15) is 13.2 Å². The lowest BCUT2D eigenvalue weighted by Gasteiger charge is -2.29. The first-order chi connectivity index (χ1) is 9.02. The molecule has 2 nitrogen and oxygen atoms in total. The highest BCUT2D eigenvalue weighted by molar-refractivity contribution is 6.18. The van der Waals surface area contributed by atoms with Gasteiger partial charge in [-0.1, -0.05) is 18.9 Å². The standard InChI is InChI=1S/C13H16ClF3N2/c14-8-9-19(10-4-1-2-5-10)12-7-3-6-11(18-12)13(15,16)17/h3,6-7,10H,1-2,4-5,8-9H2. The summed E-state index contributed by atoms with van der Waals surface area (Å²) in [5, 5.41) is 0. The molecule has 0 radical (unpaired) electrons. The summed E-state index contributed by atoms with van der Waals surface area (Å²) in [6.07, 6.45) is -0.188. The van der Waals surface area contributed by atoms with Crippen LogP contribution in [0.5, 0.6) is 0 Å². The van der Waals surface area contributed by atoms with Crippen molar-refractivity contribution in [1.82, 2.24) is 4.98 Å². The van der Waals surface area contributed by atoms with Crippen LogP contribution >= 0.6 is 11.6 Å². The van der Waals surface area contributed by atoms with E-state index >= 15 is 0 Å². The van der Waals surface area contributed by atoms with Crippen molar-refractivity contribution in [2.75, 3.05) is 17.3 Å². The molecule has 0 N–H and O–H groups in total. The second-order valence-corrected chi connectivity index (χ2v) is 5.08. The molecule has 6 heteroatoms. The van der Waals surface area contributed by atoms with E-state index in [1.165, 1.54) is 6.07 Å². The van der Waals surface area contributed by atoms with Crippen molar-refractivity contribution in [2.24, 2.45) is 0 Å². The van der Waals surface area contributed by atoms with Gasteiger partial charge in [-0.25, -0.2) is 4.98 Å². The van der Waals surface area contributed by atoms with Gasteiger partial charge in [-0.05, 0) is 25.0 Å². The minimum atomic E-state index is -4.40. The molecule has 1 heterocycles. The molecule has 1 aliphatic carbocycles. The average Bonchev–Trinajstić information content (AvgIpc) is 2.88. The largest absolute Gasteiger partial charge is 0.433 e. The fraction of sp³-hybridized carbons (Fsp3) is 0.615. The number of aromatic nitrogens is 1. The van der Waals surface area contributed by atoms with Crippen molar-refractivity contribution in [1.29, 1.82) is 0 Å². The number of nitrogens with zero attached hydrogens (tertiary/aromatic N) is 2. The van der Waals surface area contributed by atoms with Gasteiger partial charge in [0.25, 0.3) is 0 Å². The monoisotopic (exact) mass is 292 g/mol. The predicted octanol–water partition coefficient (Wildman–Crippen LogP) is 4.09. The maximum absolute atomic E-state index is 12.7. The van der Waals surface area contributed by atoms with Crippen LogP contribution in [0.25, 0.3) is 0 Å². The Morgan fingerprint density at radius 3 is 2.53 bits per heavy atom. The van der Waals surface area contributed by atoms with Crippen LogP contribution < -0.4 is 4.90 Å². The molecule has 19 heavy (non-hydrogen) atoms. The summed E-state index contributed by atoms with van der Waals surface area (Å²) < 4.78 is 38.1. The van der Waals surface area contributed by atoms with Crippen molar-refractivity contribution < 1.29 is 13.2 Å². The highest BCUT2D eigenvalue weighted by Gasteiger charge is 2.33. The molecule has 0 amide bonds. The van der Waals surface area contributed by atoms with Crippen LogP contribution in [0.4, 0.5) is 19.0 Å². The highest BCUT2D eigenvalue weighted by atomic mass is 35.5. The molecule has 1 aromatic heterocycles. The second kappa shape index (κ2) is 5.99. The molecule has 1 aromatic rings. The Balaban J connectivity index is 2.25. The molecular weight excluding hydrogens is 277 g/mol. The fourth-order valence-corrected chi connectivity index (χ4v) is 2.71. The third-order valence-electron chi connectivity index (χ3n) is 3.41. The minimum Gasteiger partial charge on any atom is -0.352 e. The van der Waals surface area contributed by atoms with Crippen molar-refractivity contribution in [3.8, 4) is 0 Å². The number of rotatable bonds is 4. The number of pyridine rings is 1. The molecule has 0 unspecified atom stereocenters. The summed E-state index contributed by atoms with van der Waals surface area (Å²) in [5.41, 5.74) is -0.845. The van der Waals surface area contributed by atoms with Gasteiger partial charge < -0.3 is 4.90 Å². The fourth-order valence-electron chi connectivity index (χ4n) is 2.53. The molecular formula is C13H16ClF3N2. The van der Waals surface area contributed by atoms with Crippen LogP contribution in [0.3, 0.4) is 0 Å². The first-order valence-corrected chi connectivity index (χ1v) is 6.92. The van der Waals surface area contributed by atoms with Crippen molar-refractivity contribution in [3.05, 3.63) is 23.9 Å². The van der Waals surface area contributed by atoms with Crippen molar-refractivity contribution in [2.45, 2.75) is 37.9 Å². The summed E-state index contributed by atoms with van der Waals surface area (Å²) in [5.74, 6) is 0.761. The first-order valence-electron chi connectivity index (χ1n) is 6.39. The molecule has 0 atom stereocenters. The van der Waals surface area contributed by atoms with Crippen LogP contribution in [0.15, 0.2) is 18.2 Å². The zero-order valence-electron chi connectivity index (χ0n) is 10.5. The molecule has 2 rings (SSSR count). The van der Waals surface area contributed by atoms with Gasteiger partial charge in [0.2, 0.25) is 0 Å². The maximum Gasteiger partial charge on any atom is 0.433 e. The van der Waals surface area contributed by atoms with Crippen molar-refractivity contribution in [3.63, 3.8) is 0 Å². The molecule has 106 valence electrons. The quantitative estimate of drug-likeness (QED) is 0.777. The van der Waals surface area contributed by atoms with E-state index in [0.29, 0.717) is 18.2 Å². The van der Waals surface area contributed by atoms with Crippen LogP contribution in [-0.2, 0) is 6.18 Å². The van der Waals surface area contributed by atoms with E-state index in [-0.39, 0.29) is 6.04 Å². The SMILES string of the molecule is FC(F)(F)c1cccc(N(CCCl)C2CCCC2)n1. The Bertz CT molecular complexity index is 417. The van der Waals surface area contributed by atoms with Gasteiger partial charge >= 0.3 is 6.18 Å². The number of hydrogen-bond donors (Lipinski definition) is 0. The average molecular weight is 293 g/mol. The molecule has 1 fully saturated rings. The third kappa shape index (κ3) is 3.53. The maximum atomic E-state index is 12.7. The van der Waals surface area contributed by atoms with Gasteiger partial charge in [0.15, 0.2) is 0 Å². The molecule has 0 spiro atoms. The molecule has 0 aliphatic heterocycles. The topological polar surface area (TPSA) is 16.1 Å². The highest BCUT2D eigenvalue weighted by Crippen LogP contribution is 2.31. The second-order valence-electron chi connectivity index (χ2n) is 4.70. The van der Waals surface area contributed by atoms with Crippen LogP contribution in [0.1, 0.15) is 31.4 Å². The van der Waals surface area contributed by atoms with E-state index in [0.717, 1.165) is 31.7 Å². The number of hydrogen-bond acceptors (Lipinski definition) is 2. The van der Waals surface area contributed by atoms with E-state index < -0.39 is 11.9 Å². The minimum absolute atomic E-state index is 0.259. The van der Waals surface area contributed by atoms with E-state index in [1.54, 1.807) is 6.07 Å².